The normalized spacial score (nSPS) is 17.3. The Kier molecular flexibility index (Phi) is 7.07. The van der Waals surface area contributed by atoms with Crippen LogP contribution in [0.25, 0.3) is 0 Å². The molecule has 0 aliphatic carbocycles. The van der Waals surface area contributed by atoms with E-state index >= 15 is 0 Å². The number of amides is 1. The van der Waals surface area contributed by atoms with Crippen LogP contribution >= 0.6 is 0 Å². The summed E-state index contributed by atoms with van der Waals surface area (Å²) in [7, 11) is -1.73. The van der Waals surface area contributed by atoms with Gasteiger partial charge in [0.1, 0.15) is 5.88 Å². The average molecular weight is 471 g/mol. The summed E-state index contributed by atoms with van der Waals surface area (Å²) in [5.41, 5.74) is 5.82. The molecule has 0 bridgehead atoms. The number of hydrogen-bond donors (Lipinski definition) is 0. The van der Waals surface area contributed by atoms with Gasteiger partial charge in [-0.15, -0.1) is 0 Å². The van der Waals surface area contributed by atoms with Gasteiger partial charge in [-0.1, -0.05) is 30.3 Å². The summed E-state index contributed by atoms with van der Waals surface area (Å²) in [4.78, 5) is 17.8. The van der Waals surface area contributed by atoms with Crippen molar-refractivity contribution in [2.45, 2.75) is 33.4 Å². The minimum Gasteiger partial charge on any atom is -0.368 e. The van der Waals surface area contributed by atoms with Crippen molar-refractivity contribution in [1.82, 2.24) is 14.1 Å². The molecule has 0 saturated carbocycles. The Bertz CT molecular complexity index is 1110. The monoisotopic (exact) mass is 470 g/mol. The number of aryl methyl sites for hydroxylation is 1. The lowest BCUT2D eigenvalue weighted by Crippen LogP contribution is -2.48. The van der Waals surface area contributed by atoms with Crippen LogP contribution in [0.1, 0.15) is 29.2 Å². The van der Waals surface area contributed by atoms with Crippen LogP contribution in [0.15, 0.2) is 42.5 Å². The first-order valence-corrected chi connectivity index (χ1v) is 13.2. The number of anilines is 1. The molecular formula is C25H34N4O3S. The molecule has 2 aromatic carbocycles. The maximum Gasteiger partial charge on any atom is 0.227 e. The van der Waals surface area contributed by atoms with E-state index in [2.05, 4.69) is 23.1 Å². The van der Waals surface area contributed by atoms with Crippen LogP contribution in [0.3, 0.4) is 0 Å². The van der Waals surface area contributed by atoms with Crippen molar-refractivity contribution in [3.05, 3.63) is 64.7 Å². The number of benzene rings is 2. The highest BCUT2D eigenvalue weighted by molar-refractivity contribution is 7.88. The third-order valence-corrected chi connectivity index (χ3v) is 8.62. The fourth-order valence-corrected chi connectivity index (χ4v) is 5.85. The third kappa shape index (κ3) is 5.57. The van der Waals surface area contributed by atoms with E-state index in [-0.39, 0.29) is 11.8 Å². The lowest BCUT2D eigenvalue weighted by molar-refractivity contribution is -0.129. The second-order valence-electron chi connectivity index (χ2n) is 9.17. The standard InChI is InChI=1S/C25H34N4O3S/c1-20-6-4-5-7-23(20)17-26(3)33(31,32)19-27-11-10-22-16-25(9-8-24(22)18-27)29-14-12-28(13-15-29)21(2)30/h4-9,16H,10-15,17-19H2,1-3H3. The smallest absolute Gasteiger partial charge is 0.227 e. The molecule has 2 aromatic rings. The summed E-state index contributed by atoms with van der Waals surface area (Å²) in [5.74, 6) is 0.170. The van der Waals surface area contributed by atoms with Crippen molar-refractivity contribution in [2.75, 3.05) is 50.5 Å². The number of carbonyl (C=O) groups is 1. The van der Waals surface area contributed by atoms with Crippen molar-refractivity contribution in [3.63, 3.8) is 0 Å². The summed E-state index contributed by atoms with van der Waals surface area (Å²) in [5, 5.41) is 0. The first kappa shape index (κ1) is 23.7. The number of nitrogens with zero attached hydrogens (tertiary/aromatic N) is 4. The first-order valence-electron chi connectivity index (χ1n) is 11.6. The number of rotatable bonds is 6. The fraction of sp³-hybridized carbons (Fsp3) is 0.480. The fourth-order valence-electron chi connectivity index (χ4n) is 4.64. The summed E-state index contributed by atoms with van der Waals surface area (Å²) >= 11 is 0. The SMILES string of the molecule is CC(=O)N1CCN(c2ccc3c(c2)CCN(CS(=O)(=O)N(C)Cc2ccccc2C)C3)CC1. The van der Waals surface area contributed by atoms with Gasteiger partial charge in [-0.05, 0) is 47.7 Å². The molecule has 0 spiro atoms. The summed E-state index contributed by atoms with van der Waals surface area (Å²) < 4.78 is 27.5. The predicted molar refractivity (Wildman–Crippen MR) is 131 cm³/mol. The van der Waals surface area contributed by atoms with Gasteiger partial charge in [0.25, 0.3) is 0 Å². The van der Waals surface area contributed by atoms with E-state index in [0.717, 1.165) is 50.3 Å². The van der Waals surface area contributed by atoms with Gasteiger partial charge < -0.3 is 9.80 Å². The molecule has 1 fully saturated rings. The van der Waals surface area contributed by atoms with Crippen LogP contribution in [0, 0.1) is 6.92 Å². The molecule has 0 radical (unpaired) electrons. The van der Waals surface area contributed by atoms with Gasteiger partial charge in [-0.2, -0.15) is 4.31 Å². The Morgan fingerprint density at radius 2 is 1.73 bits per heavy atom. The van der Waals surface area contributed by atoms with Gasteiger partial charge in [-0.3, -0.25) is 9.69 Å². The van der Waals surface area contributed by atoms with Crippen molar-refractivity contribution < 1.29 is 13.2 Å². The number of piperazine rings is 1. The van der Waals surface area contributed by atoms with Crippen molar-refractivity contribution >= 4 is 21.6 Å². The van der Waals surface area contributed by atoms with Gasteiger partial charge in [-0.25, -0.2) is 8.42 Å². The Balaban J connectivity index is 1.37. The lowest BCUT2D eigenvalue weighted by Gasteiger charge is -2.36. The topological polar surface area (TPSA) is 64.2 Å². The molecule has 2 heterocycles. The molecular weight excluding hydrogens is 436 g/mol. The van der Waals surface area contributed by atoms with E-state index < -0.39 is 10.0 Å². The van der Waals surface area contributed by atoms with Crippen molar-refractivity contribution in [1.29, 1.82) is 0 Å². The number of sulfonamides is 1. The molecule has 1 amide bonds. The van der Waals surface area contributed by atoms with E-state index in [1.165, 1.54) is 21.1 Å². The molecule has 8 heteroatoms. The van der Waals surface area contributed by atoms with Gasteiger partial charge in [0.2, 0.25) is 15.9 Å². The Morgan fingerprint density at radius 3 is 2.42 bits per heavy atom. The van der Waals surface area contributed by atoms with Crippen LogP contribution in [0.4, 0.5) is 5.69 Å². The molecule has 0 N–H and O–H groups in total. The van der Waals surface area contributed by atoms with E-state index in [0.29, 0.717) is 13.1 Å². The zero-order chi connectivity index (χ0) is 23.6. The lowest BCUT2D eigenvalue weighted by atomic mass is 9.99. The average Bonchev–Trinajstić information content (AvgIpc) is 2.80. The number of carbonyl (C=O) groups excluding carboxylic acids is 1. The third-order valence-electron chi connectivity index (χ3n) is 6.85. The molecule has 4 rings (SSSR count). The molecule has 33 heavy (non-hydrogen) atoms. The van der Waals surface area contributed by atoms with Crippen LogP contribution in [-0.4, -0.2) is 74.1 Å². The quantitative estimate of drug-likeness (QED) is 0.649. The molecule has 0 unspecified atom stereocenters. The summed E-state index contributed by atoms with van der Waals surface area (Å²) in [6.45, 7) is 8.60. The molecule has 178 valence electrons. The summed E-state index contributed by atoms with van der Waals surface area (Å²) in [6.07, 6.45) is 0.841. The van der Waals surface area contributed by atoms with Gasteiger partial charge in [0.15, 0.2) is 0 Å². The maximum atomic E-state index is 13.0. The highest BCUT2D eigenvalue weighted by Gasteiger charge is 2.26. The highest BCUT2D eigenvalue weighted by Crippen LogP contribution is 2.26. The molecule has 0 aromatic heterocycles. The predicted octanol–water partition coefficient (Wildman–Crippen LogP) is 2.44. The van der Waals surface area contributed by atoms with Crippen molar-refractivity contribution in [2.24, 2.45) is 0 Å². The summed E-state index contributed by atoms with van der Waals surface area (Å²) in [6, 6.07) is 14.4. The molecule has 2 aliphatic heterocycles. The van der Waals surface area contributed by atoms with E-state index in [1.807, 2.05) is 41.0 Å². The highest BCUT2D eigenvalue weighted by atomic mass is 32.2. The molecule has 2 aliphatic rings. The number of hydrogen-bond acceptors (Lipinski definition) is 5. The molecule has 1 saturated heterocycles. The zero-order valence-corrected chi connectivity index (χ0v) is 20.6. The number of fused-ring (bicyclic) bond motifs is 1. The van der Waals surface area contributed by atoms with E-state index in [9.17, 15) is 13.2 Å². The van der Waals surface area contributed by atoms with Gasteiger partial charge >= 0.3 is 0 Å². The van der Waals surface area contributed by atoms with Gasteiger partial charge in [0.05, 0.1) is 0 Å². The largest absolute Gasteiger partial charge is 0.368 e. The van der Waals surface area contributed by atoms with Crippen LogP contribution in [0.2, 0.25) is 0 Å². The van der Waals surface area contributed by atoms with Crippen LogP contribution < -0.4 is 4.90 Å². The van der Waals surface area contributed by atoms with Gasteiger partial charge in [0, 0.05) is 65.5 Å². The Morgan fingerprint density at radius 1 is 1.00 bits per heavy atom. The second kappa shape index (κ2) is 9.83. The van der Waals surface area contributed by atoms with E-state index in [1.54, 1.807) is 14.0 Å². The van der Waals surface area contributed by atoms with E-state index in [4.69, 9.17) is 0 Å². The first-order chi connectivity index (χ1) is 15.7. The van der Waals surface area contributed by atoms with Crippen molar-refractivity contribution in [3.8, 4) is 0 Å². The Labute approximate surface area is 197 Å². The molecule has 0 atom stereocenters. The maximum absolute atomic E-state index is 13.0. The minimum atomic E-state index is -3.40. The van der Waals surface area contributed by atoms with Crippen LogP contribution in [0.5, 0.6) is 0 Å². The zero-order valence-electron chi connectivity index (χ0n) is 19.8. The molecule has 7 nitrogen and oxygen atoms in total. The van der Waals surface area contributed by atoms with Crippen LogP contribution in [-0.2, 0) is 34.3 Å². The minimum absolute atomic E-state index is 0.0313. The Hall–Kier alpha value is -2.42. The second-order valence-corrected chi connectivity index (χ2v) is 11.2.